The number of nitrogen functional groups attached to an aromatic ring is 1. The van der Waals surface area contributed by atoms with Crippen molar-refractivity contribution in [2.45, 2.75) is 33.1 Å². The maximum Gasteiger partial charge on any atom is 0.255 e. The second kappa shape index (κ2) is 4.02. The Morgan fingerprint density at radius 3 is 2.95 bits per heavy atom. The number of nitrogens with two attached hydrogens (primary N) is 1. The Bertz CT molecular complexity index is 830. The van der Waals surface area contributed by atoms with Crippen molar-refractivity contribution in [2.24, 2.45) is 0 Å². The van der Waals surface area contributed by atoms with Crippen molar-refractivity contribution in [3.8, 4) is 11.4 Å². The fourth-order valence-electron chi connectivity index (χ4n) is 3.06. The van der Waals surface area contributed by atoms with E-state index in [-0.39, 0.29) is 0 Å². The van der Waals surface area contributed by atoms with Crippen molar-refractivity contribution in [3.63, 3.8) is 0 Å². The number of fused-ring (bicyclic) bond motifs is 2. The summed E-state index contributed by atoms with van der Waals surface area (Å²) in [6, 6.07) is 2.04. The Balaban J connectivity index is 2.05. The molecule has 0 amide bonds. The van der Waals surface area contributed by atoms with Gasteiger partial charge in [-0.25, -0.2) is 4.98 Å². The Kier molecular flexibility index (Phi) is 2.38. The van der Waals surface area contributed by atoms with E-state index in [1.165, 1.54) is 16.9 Å². The van der Waals surface area contributed by atoms with E-state index in [4.69, 9.17) is 5.73 Å². The predicted octanol–water partition coefficient (Wildman–Crippen LogP) is 2.54. The van der Waals surface area contributed by atoms with Gasteiger partial charge >= 0.3 is 0 Å². The number of anilines is 1. The van der Waals surface area contributed by atoms with Crippen LogP contribution in [-0.4, -0.2) is 19.6 Å². The Morgan fingerprint density at radius 1 is 1.25 bits per heavy atom. The average molecular weight is 285 g/mol. The summed E-state index contributed by atoms with van der Waals surface area (Å²) in [5.74, 6) is 1.48. The molecule has 0 spiro atoms. The van der Waals surface area contributed by atoms with Crippen LogP contribution in [0.2, 0.25) is 0 Å². The molecule has 102 valence electrons. The Labute approximate surface area is 120 Å². The van der Waals surface area contributed by atoms with E-state index in [0.717, 1.165) is 40.6 Å². The van der Waals surface area contributed by atoms with Crippen LogP contribution in [0.5, 0.6) is 0 Å². The molecular formula is C14H15N5S. The predicted molar refractivity (Wildman–Crippen MR) is 80.0 cm³/mol. The molecule has 1 aliphatic rings. The standard InChI is InChI=1S/C14H15N5S/c1-7-6-8(2)19-13(17-18-14(19)16-7)11-9-4-3-5-10(9)20-12(11)15/h6H,3-5,15H2,1-2H3. The zero-order chi connectivity index (χ0) is 13.9. The van der Waals surface area contributed by atoms with Gasteiger partial charge in [0, 0.05) is 16.3 Å². The van der Waals surface area contributed by atoms with Gasteiger partial charge < -0.3 is 5.73 Å². The lowest BCUT2D eigenvalue weighted by molar-refractivity contribution is 0.914. The third-order valence-corrected chi connectivity index (χ3v) is 4.99. The van der Waals surface area contributed by atoms with E-state index < -0.39 is 0 Å². The Hall–Kier alpha value is -1.95. The minimum atomic E-state index is 0.648. The van der Waals surface area contributed by atoms with Gasteiger partial charge in [0.2, 0.25) is 0 Å². The second-order valence-electron chi connectivity index (χ2n) is 5.29. The first-order valence-corrected chi connectivity index (χ1v) is 7.56. The summed E-state index contributed by atoms with van der Waals surface area (Å²) in [5.41, 5.74) is 10.7. The molecule has 3 heterocycles. The molecule has 6 heteroatoms. The van der Waals surface area contributed by atoms with Gasteiger partial charge in [-0.3, -0.25) is 4.40 Å². The summed E-state index contributed by atoms with van der Waals surface area (Å²) >= 11 is 1.70. The van der Waals surface area contributed by atoms with E-state index in [2.05, 4.69) is 22.1 Å². The summed E-state index contributed by atoms with van der Waals surface area (Å²) in [5, 5.41) is 9.42. The summed E-state index contributed by atoms with van der Waals surface area (Å²) in [7, 11) is 0. The molecule has 0 bridgehead atoms. The maximum atomic E-state index is 6.23. The molecule has 3 aromatic rings. The summed E-state index contributed by atoms with van der Waals surface area (Å²) in [4.78, 5) is 5.85. The maximum absolute atomic E-state index is 6.23. The van der Waals surface area contributed by atoms with Crippen LogP contribution in [0.1, 0.15) is 28.2 Å². The van der Waals surface area contributed by atoms with Crippen LogP contribution in [0.25, 0.3) is 17.2 Å². The molecule has 0 aliphatic heterocycles. The SMILES string of the molecule is Cc1cc(C)n2c(-c3c(N)sc4c3CCC4)nnc2n1. The number of thiophene rings is 1. The van der Waals surface area contributed by atoms with Crippen molar-refractivity contribution < 1.29 is 0 Å². The highest BCUT2D eigenvalue weighted by Crippen LogP contribution is 2.42. The number of aryl methyl sites for hydroxylation is 3. The zero-order valence-electron chi connectivity index (χ0n) is 11.5. The minimum absolute atomic E-state index is 0.648. The van der Waals surface area contributed by atoms with Gasteiger partial charge in [-0.2, -0.15) is 0 Å². The monoisotopic (exact) mass is 285 g/mol. The molecule has 3 aromatic heterocycles. The van der Waals surface area contributed by atoms with Crippen molar-refractivity contribution in [1.82, 2.24) is 19.6 Å². The highest BCUT2D eigenvalue weighted by atomic mass is 32.1. The molecule has 4 rings (SSSR count). The number of hydrogen-bond donors (Lipinski definition) is 1. The molecule has 2 N–H and O–H groups in total. The van der Waals surface area contributed by atoms with Crippen LogP contribution in [-0.2, 0) is 12.8 Å². The highest BCUT2D eigenvalue weighted by molar-refractivity contribution is 7.16. The molecule has 20 heavy (non-hydrogen) atoms. The molecule has 0 atom stereocenters. The molecule has 0 fully saturated rings. The van der Waals surface area contributed by atoms with E-state index >= 15 is 0 Å². The fraction of sp³-hybridized carbons (Fsp3) is 0.357. The van der Waals surface area contributed by atoms with Crippen molar-refractivity contribution in [2.75, 3.05) is 5.73 Å². The van der Waals surface area contributed by atoms with Crippen LogP contribution in [0.15, 0.2) is 6.07 Å². The molecule has 0 unspecified atom stereocenters. The molecule has 5 nitrogen and oxygen atoms in total. The van der Waals surface area contributed by atoms with Gasteiger partial charge in [-0.15, -0.1) is 21.5 Å². The lowest BCUT2D eigenvalue weighted by Gasteiger charge is -2.05. The van der Waals surface area contributed by atoms with Crippen LogP contribution < -0.4 is 5.73 Å². The minimum Gasteiger partial charge on any atom is -0.390 e. The van der Waals surface area contributed by atoms with Crippen molar-refractivity contribution >= 4 is 22.1 Å². The fourth-order valence-corrected chi connectivity index (χ4v) is 4.22. The molecule has 0 aromatic carbocycles. The smallest absolute Gasteiger partial charge is 0.255 e. The van der Waals surface area contributed by atoms with Gasteiger partial charge in [0.05, 0.1) is 10.6 Å². The van der Waals surface area contributed by atoms with Crippen molar-refractivity contribution in [1.29, 1.82) is 0 Å². The number of rotatable bonds is 1. The quantitative estimate of drug-likeness (QED) is 0.746. The largest absolute Gasteiger partial charge is 0.390 e. The third-order valence-electron chi connectivity index (χ3n) is 3.86. The highest BCUT2D eigenvalue weighted by Gasteiger charge is 2.25. The normalized spacial score (nSPS) is 14.1. The number of aromatic nitrogens is 4. The first kappa shape index (κ1) is 11.8. The second-order valence-corrected chi connectivity index (χ2v) is 6.43. The van der Waals surface area contributed by atoms with Crippen LogP contribution >= 0.6 is 11.3 Å². The van der Waals surface area contributed by atoms with Gasteiger partial charge in [0.15, 0.2) is 5.82 Å². The topological polar surface area (TPSA) is 69.1 Å². The summed E-state index contributed by atoms with van der Waals surface area (Å²) in [6.07, 6.45) is 3.43. The number of hydrogen-bond acceptors (Lipinski definition) is 5. The molecule has 0 radical (unpaired) electrons. The van der Waals surface area contributed by atoms with E-state index in [9.17, 15) is 0 Å². The number of nitrogens with zero attached hydrogens (tertiary/aromatic N) is 4. The van der Waals surface area contributed by atoms with E-state index in [1.807, 2.05) is 17.4 Å². The third kappa shape index (κ3) is 1.51. The zero-order valence-corrected chi connectivity index (χ0v) is 12.3. The molecule has 0 saturated heterocycles. The van der Waals surface area contributed by atoms with E-state index in [0.29, 0.717) is 5.78 Å². The lowest BCUT2D eigenvalue weighted by atomic mass is 10.1. The summed E-state index contributed by atoms with van der Waals surface area (Å²) in [6.45, 7) is 4.02. The van der Waals surface area contributed by atoms with Gasteiger partial charge in [0.25, 0.3) is 5.78 Å². The van der Waals surface area contributed by atoms with Crippen LogP contribution in [0.3, 0.4) is 0 Å². The molecular weight excluding hydrogens is 270 g/mol. The van der Waals surface area contributed by atoms with E-state index in [1.54, 1.807) is 11.3 Å². The Morgan fingerprint density at radius 2 is 2.10 bits per heavy atom. The van der Waals surface area contributed by atoms with Crippen LogP contribution in [0.4, 0.5) is 5.00 Å². The molecule has 1 aliphatic carbocycles. The van der Waals surface area contributed by atoms with Crippen LogP contribution in [0, 0.1) is 13.8 Å². The van der Waals surface area contributed by atoms with Gasteiger partial charge in [-0.05, 0) is 44.7 Å². The van der Waals surface area contributed by atoms with Gasteiger partial charge in [0.1, 0.15) is 0 Å². The molecule has 0 saturated carbocycles. The average Bonchev–Trinajstić information content (AvgIpc) is 3.02. The summed E-state index contributed by atoms with van der Waals surface area (Å²) < 4.78 is 2.00. The first-order valence-electron chi connectivity index (χ1n) is 6.75. The first-order chi connectivity index (χ1) is 9.65. The van der Waals surface area contributed by atoms with Gasteiger partial charge in [-0.1, -0.05) is 0 Å². The van der Waals surface area contributed by atoms with Crippen molar-refractivity contribution in [3.05, 3.63) is 27.9 Å². The lowest BCUT2D eigenvalue weighted by Crippen LogP contribution is -2.00.